The highest BCUT2D eigenvalue weighted by atomic mass is 79.9. The number of aromatic nitrogens is 6. The summed E-state index contributed by atoms with van der Waals surface area (Å²) in [6.45, 7) is 1.04. The Hall–Kier alpha value is -2.63. The number of nitrogens with one attached hydrogen (secondary N) is 1. The van der Waals surface area contributed by atoms with Crippen molar-refractivity contribution in [3.63, 3.8) is 0 Å². The quantitative estimate of drug-likeness (QED) is 0.388. The number of hydrogen-bond donors (Lipinski definition) is 1. The SMILES string of the molecule is O=C(NCc1cc(Cl)cnc1Oc1ccc2c(nnn2CC2CC2)c1Br)c1csnn1. The molecule has 0 unspecified atom stereocenters. The Labute approximate surface area is 194 Å². The maximum absolute atomic E-state index is 12.2. The summed E-state index contributed by atoms with van der Waals surface area (Å²) in [5.74, 6) is 1.22. The number of carbonyl (C=O) groups excluding carboxylic acids is 1. The highest BCUT2D eigenvalue weighted by Gasteiger charge is 2.24. The molecule has 1 aliphatic rings. The Morgan fingerprint density at radius 2 is 2.23 bits per heavy atom. The maximum Gasteiger partial charge on any atom is 0.273 e. The Morgan fingerprint density at radius 3 is 3.00 bits per heavy atom. The standard InChI is InChI=1S/C19H15BrClN7O2S/c20-16-15(4-3-14-17(16)25-26-28(14)8-10-1-2-10)30-19-11(5-12(21)7-23-19)6-22-18(29)13-9-31-27-24-13/h3-5,7,9-10H,1-2,6,8H2,(H,22,29). The van der Waals surface area contributed by atoms with Crippen LogP contribution in [0.3, 0.4) is 0 Å². The van der Waals surface area contributed by atoms with E-state index in [-0.39, 0.29) is 18.1 Å². The van der Waals surface area contributed by atoms with Crippen molar-refractivity contribution in [3.8, 4) is 11.6 Å². The highest BCUT2D eigenvalue weighted by Crippen LogP contribution is 2.37. The van der Waals surface area contributed by atoms with Crippen molar-refractivity contribution in [2.75, 3.05) is 0 Å². The normalized spacial score (nSPS) is 13.5. The first-order valence-electron chi connectivity index (χ1n) is 9.47. The van der Waals surface area contributed by atoms with Gasteiger partial charge in [-0.25, -0.2) is 9.67 Å². The number of carbonyl (C=O) groups is 1. The van der Waals surface area contributed by atoms with Gasteiger partial charge in [0, 0.05) is 30.2 Å². The Bertz CT molecular complexity index is 1260. The van der Waals surface area contributed by atoms with E-state index in [1.807, 2.05) is 16.8 Å². The van der Waals surface area contributed by atoms with Crippen molar-refractivity contribution in [3.05, 3.63) is 50.5 Å². The van der Waals surface area contributed by atoms with E-state index < -0.39 is 0 Å². The molecule has 3 heterocycles. The lowest BCUT2D eigenvalue weighted by Crippen LogP contribution is -2.23. The molecule has 1 aliphatic carbocycles. The van der Waals surface area contributed by atoms with Gasteiger partial charge in [-0.15, -0.1) is 10.2 Å². The van der Waals surface area contributed by atoms with Crippen LogP contribution in [0.15, 0.2) is 34.2 Å². The predicted molar refractivity (Wildman–Crippen MR) is 118 cm³/mol. The molecule has 1 amide bonds. The zero-order valence-electron chi connectivity index (χ0n) is 16.0. The lowest BCUT2D eigenvalue weighted by molar-refractivity contribution is 0.0945. The summed E-state index contributed by atoms with van der Waals surface area (Å²) >= 11 is 10.8. The predicted octanol–water partition coefficient (Wildman–Crippen LogP) is 4.23. The molecule has 12 heteroatoms. The minimum atomic E-state index is -0.338. The second-order valence-electron chi connectivity index (χ2n) is 7.15. The molecule has 0 aliphatic heterocycles. The molecule has 1 saturated carbocycles. The Kier molecular flexibility index (Phi) is 5.55. The van der Waals surface area contributed by atoms with Crippen molar-refractivity contribution < 1.29 is 9.53 Å². The van der Waals surface area contributed by atoms with Gasteiger partial charge in [-0.2, -0.15) is 0 Å². The van der Waals surface area contributed by atoms with Gasteiger partial charge in [0.05, 0.1) is 15.0 Å². The summed E-state index contributed by atoms with van der Waals surface area (Å²) in [5.41, 5.74) is 2.54. The zero-order valence-corrected chi connectivity index (χ0v) is 19.1. The van der Waals surface area contributed by atoms with Crippen LogP contribution in [-0.2, 0) is 13.1 Å². The fraction of sp³-hybridized carbons (Fsp3) is 0.263. The molecule has 0 atom stereocenters. The molecule has 0 radical (unpaired) electrons. The number of benzene rings is 1. The van der Waals surface area contributed by atoms with Crippen LogP contribution in [0, 0.1) is 5.92 Å². The molecule has 158 valence electrons. The number of amides is 1. The van der Waals surface area contributed by atoms with Crippen LogP contribution in [0.1, 0.15) is 28.9 Å². The van der Waals surface area contributed by atoms with Crippen LogP contribution in [0.4, 0.5) is 0 Å². The lowest BCUT2D eigenvalue weighted by Gasteiger charge is -2.12. The first-order chi connectivity index (χ1) is 15.1. The second kappa shape index (κ2) is 8.48. The summed E-state index contributed by atoms with van der Waals surface area (Å²) < 4.78 is 12.4. The third-order valence-electron chi connectivity index (χ3n) is 4.85. The van der Waals surface area contributed by atoms with Crippen LogP contribution in [0.5, 0.6) is 11.6 Å². The van der Waals surface area contributed by atoms with Gasteiger partial charge in [0.25, 0.3) is 5.91 Å². The van der Waals surface area contributed by atoms with Gasteiger partial charge >= 0.3 is 0 Å². The summed E-state index contributed by atoms with van der Waals surface area (Å²) in [6, 6.07) is 5.48. The first-order valence-corrected chi connectivity index (χ1v) is 11.5. The van der Waals surface area contributed by atoms with Gasteiger partial charge in [-0.3, -0.25) is 4.79 Å². The second-order valence-corrected chi connectivity index (χ2v) is 8.99. The van der Waals surface area contributed by atoms with Gasteiger partial charge in [-0.1, -0.05) is 21.3 Å². The van der Waals surface area contributed by atoms with Gasteiger partial charge < -0.3 is 10.1 Å². The zero-order chi connectivity index (χ0) is 21.4. The van der Waals surface area contributed by atoms with E-state index in [2.05, 4.69) is 46.1 Å². The number of rotatable bonds is 7. The molecule has 0 saturated heterocycles. The minimum absolute atomic E-state index is 0.163. The van der Waals surface area contributed by atoms with Crippen molar-refractivity contribution in [1.82, 2.24) is 34.9 Å². The van der Waals surface area contributed by atoms with E-state index >= 15 is 0 Å². The van der Waals surface area contributed by atoms with Crippen LogP contribution >= 0.6 is 39.1 Å². The van der Waals surface area contributed by atoms with Crippen molar-refractivity contribution >= 4 is 56.0 Å². The monoisotopic (exact) mass is 519 g/mol. The number of halogens is 2. The van der Waals surface area contributed by atoms with E-state index in [0.29, 0.717) is 32.6 Å². The highest BCUT2D eigenvalue weighted by molar-refractivity contribution is 9.10. The van der Waals surface area contributed by atoms with E-state index in [1.165, 1.54) is 19.0 Å². The van der Waals surface area contributed by atoms with Crippen LogP contribution in [-0.4, -0.2) is 35.5 Å². The first kappa shape index (κ1) is 20.3. The molecule has 0 spiro atoms. The lowest BCUT2D eigenvalue weighted by atomic mass is 10.2. The number of ether oxygens (including phenoxy) is 1. The molecule has 1 aromatic carbocycles. The molecule has 4 aromatic rings. The molecule has 0 bridgehead atoms. The maximum atomic E-state index is 12.2. The number of nitrogens with zero attached hydrogens (tertiary/aromatic N) is 6. The average molecular weight is 521 g/mol. The largest absolute Gasteiger partial charge is 0.437 e. The summed E-state index contributed by atoms with van der Waals surface area (Å²) in [5, 5.41) is 17.1. The molecule has 1 N–H and O–H groups in total. The van der Waals surface area contributed by atoms with E-state index in [0.717, 1.165) is 29.1 Å². The van der Waals surface area contributed by atoms with Gasteiger partial charge in [0.1, 0.15) is 11.3 Å². The molecule has 9 nitrogen and oxygen atoms in total. The van der Waals surface area contributed by atoms with Gasteiger partial charge in [-0.05, 0) is 64.4 Å². The fourth-order valence-electron chi connectivity index (χ4n) is 3.07. The van der Waals surface area contributed by atoms with Gasteiger partial charge in [0.2, 0.25) is 5.88 Å². The molecule has 31 heavy (non-hydrogen) atoms. The Balaban J connectivity index is 1.38. The van der Waals surface area contributed by atoms with Crippen molar-refractivity contribution in [2.45, 2.75) is 25.9 Å². The molecular formula is C19H15BrClN7O2S. The van der Waals surface area contributed by atoms with Crippen molar-refractivity contribution in [1.29, 1.82) is 0 Å². The molecule has 3 aromatic heterocycles. The van der Waals surface area contributed by atoms with E-state index in [4.69, 9.17) is 16.3 Å². The van der Waals surface area contributed by atoms with Crippen molar-refractivity contribution in [2.24, 2.45) is 5.92 Å². The summed E-state index contributed by atoms with van der Waals surface area (Å²) in [6.07, 6.45) is 3.97. The van der Waals surface area contributed by atoms with E-state index in [9.17, 15) is 4.79 Å². The number of hydrogen-bond acceptors (Lipinski definition) is 8. The van der Waals surface area contributed by atoms with Crippen LogP contribution in [0.2, 0.25) is 5.02 Å². The molecule has 5 rings (SSSR count). The topological polar surface area (TPSA) is 108 Å². The smallest absolute Gasteiger partial charge is 0.273 e. The van der Waals surface area contributed by atoms with Crippen LogP contribution in [0.25, 0.3) is 11.0 Å². The number of fused-ring (bicyclic) bond motifs is 1. The molecule has 1 fully saturated rings. The third kappa shape index (κ3) is 4.39. The summed E-state index contributed by atoms with van der Waals surface area (Å²) in [7, 11) is 0. The molecular weight excluding hydrogens is 506 g/mol. The minimum Gasteiger partial charge on any atom is -0.437 e. The third-order valence-corrected chi connectivity index (χ3v) is 6.33. The number of pyridine rings is 1. The summed E-state index contributed by atoms with van der Waals surface area (Å²) in [4.78, 5) is 16.5. The fourth-order valence-corrected chi connectivity index (χ4v) is 4.18. The van der Waals surface area contributed by atoms with Gasteiger partial charge in [0.15, 0.2) is 5.69 Å². The van der Waals surface area contributed by atoms with E-state index in [1.54, 1.807) is 11.4 Å². The average Bonchev–Trinajstić information content (AvgIpc) is 3.24. The Morgan fingerprint density at radius 1 is 1.35 bits per heavy atom. The van der Waals surface area contributed by atoms with Crippen LogP contribution < -0.4 is 10.1 Å².